The highest BCUT2D eigenvalue weighted by Gasteiger charge is 2.31. The van der Waals surface area contributed by atoms with E-state index in [1.54, 1.807) is 6.20 Å². The number of ether oxygens (including phenoxy) is 1. The molecule has 1 amide bonds. The van der Waals surface area contributed by atoms with E-state index in [4.69, 9.17) is 10.5 Å². The van der Waals surface area contributed by atoms with Crippen LogP contribution < -0.4 is 10.5 Å². The maximum Gasteiger partial charge on any atom is 0.269 e. The van der Waals surface area contributed by atoms with Crippen LogP contribution in [0.25, 0.3) is 11.1 Å². The summed E-state index contributed by atoms with van der Waals surface area (Å²) in [6.07, 6.45) is 4.36. The second-order valence-electron chi connectivity index (χ2n) is 7.67. The second-order valence-corrected chi connectivity index (χ2v) is 9.90. The van der Waals surface area contributed by atoms with Gasteiger partial charge in [-0.3, -0.25) is 9.78 Å². The minimum Gasteiger partial charge on any atom is -0.472 e. The molecular weight excluding hydrogens is 418 g/mol. The summed E-state index contributed by atoms with van der Waals surface area (Å²) in [5, 5.41) is 7.65. The molecule has 3 aromatic rings. The molecule has 1 unspecified atom stereocenters. The molecule has 10 heteroatoms. The second kappa shape index (κ2) is 8.10. The van der Waals surface area contributed by atoms with Crippen molar-refractivity contribution >= 4 is 15.7 Å². The lowest BCUT2D eigenvalue weighted by atomic mass is 10.1. The first-order valence-electron chi connectivity index (χ1n) is 9.83. The third kappa shape index (κ3) is 4.43. The van der Waals surface area contributed by atoms with Crippen molar-refractivity contribution in [3.63, 3.8) is 0 Å². The van der Waals surface area contributed by atoms with Gasteiger partial charge in [0.1, 0.15) is 6.61 Å². The molecule has 0 spiro atoms. The van der Waals surface area contributed by atoms with Gasteiger partial charge in [-0.15, -0.1) is 10.2 Å². The number of amides is 1. The van der Waals surface area contributed by atoms with Crippen molar-refractivity contribution in [2.45, 2.75) is 32.9 Å². The average molecular weight is 442 g/mol. The van der Waals surface area contributed by atoms with E-state index in [9.17, 15) is 13.2 Å². The SMILES string of the molecule is Cc1ccc(-c2cn(C3CCS(=O)(=O)C3)c(C)c2COc2ccc(C(N)=O)nn2)cn1. The van der Waals surface area contributed by atoms with Crippen molar-refractivity contribution < 1.29 is 17.9 Å². The summed E-state index contributed by atoms with van der Waals surface area (Å²) in [4.78, 5) is 15.6. The molecule has 0 bridgehead atoms. The fourth-order valence-electron chi connectivity index (χ4n) is 3.77. The molecule has 1 saturated heterocycles. The fourth-order valence-corrected chi connectivity index (χ4v) is 5.48. The van der Waals surface area contributed by atoms with Gasteiger partial charge in [-0.1, -0.05) is 6.07 Å². The minimum absolute atomic E-state index is 0.0588. The van der Waals surface area contributed by atoms with E-state index in [0.717, 1.165) is 28.1 Å². The Labute approximate surface area is 180 Å². The number of carbonyl (C=O) groups is 1. The quantitative estimate of drug-likeness (QED) is 0.619. The summed E-state index contributed by atoms with van der Waals surface area (Å²) in [5.41, 5.74) is 9.85. The summed E-state index contributed by atoms with van der Waals surface area (Å²) in [6.45, 7) is 4.07. The third-order valence-corrected chi connectivity index (χ3v) is 7.25. The van der Waals surface area contributed by atoms with Crippen molar-refractivity contribution in [2.75, 3.05) is 11.5 Å². The first kappa shape index (κ1) is 21.0. The van der Waals surface area contributed by atoms with Gasteiger partial charge in [0, 0.05) is 52.6 Å². The summed E-state index contributed by atoms with van der Waals surface area (Å²) in [7, 11) is -3.02. The smallest absolute Gasteiger partial charge is 0.269 e. The minimum atomic E-state index is -3.02. The Bertz CT molecular complexity index is 1220. The number of hydrogen-bond acceptors (Lipinski definition) is 7. The molecule has 0 aromatic carbocycles. The van der Waals surface area contributed by atoms with Crippen molar-refractivity contribution in [2.24, 2.45) is 5.73 Å². The highest BCUT2D eigenvalue weighted by molar-refractivity contribution is 7.91. The number of carbonyl (C=O) groups excluding carboxylic acids is 1. The summed E-state index contributed by atoms with van der Waals surface area (Å²) < 4.78 is 31.9. The van der Waals surface area contributed by atoms with Gasteiger partial charge >= 0.3 is 0 Å². The highest BCUT2D eigenvalue weighted by atomic mass is 32.2. The molecule has 0 radical (unpaired) electrons. The molecule has 1 atom stereocenters. The lowest BCUT2D eigenvalue weighted by Gasteiger charge is -2.14. The predicted octanol–water partition coefficient (Wildman–Crippen LogP) is 1.99. The number of hydrogen-bond donors (Lipinski definition) is 1. The van der Waals surface area contributed by atoms with E-state index in [0.29, 0.717) is 6.42 Å². The van der Waals surface area contributed by atoms with E-state index in [1.165, 1.54) is 12.1 Å². The van der Waals surface area contributed by atoms with Crippen LogP contribution >= 0.6 is 0 Å². The Morgan fingerprint density at radius 1 is 1.23 bits per heavy atom. The average Bonchev–Trinajstić information content (AvgIpc) is 3.26. The van der Waals surface area contributed by atoms with Gasteiger partial charge in [0.05, 0.1) is 11.5 Å². The van der Waals surface area contributed by atoms with Crippen LogP contribution in [0.5, 0.6) is 5.88 Å². The number of aryl methyl sites for hydroxylation is 1. The first-order chi connectivity index (χ1) is 14.7. The standard InChI is InChI=1S/C21H23N5O4S/c1-13-3-4-15(9-23-13)17-10-26(16-7-8-31(28,29)12-16)14(2)18(17)11-30-20-6-5-19(21(22)27)24-25-20/h3-6,9-10,16H,7-8,11-12H2,1-2H3,(H2,22,27). The normalized spacial score (nSPS) is 17.5. The van der Waals surface area contributed by atoms with Gasteiger partial charge < -0.3 is 15.0 Å². The van der Waals surface area contributed by atoms with Crippen molar-refractivity contribution in [3.8, 4) is 17.0 Å². The molecule has 2 N–H and O–H groups in total. The predicted molar refractivity (Wildman–Crippen MR) is 114 cm³/mol. The molecule has 31 heavy (non-hydrogen) atoms. The van der Waals surface area contributed by atoms with Gasteiger partial charge in [-0.25, -0.2) is 8.42 Å². The Balaban J connectivity index is 1.67. The third-order valence-electron chi connectivity index (χ3n) is 5.50. The van der Waals surface area contributed by atoms with Gasteiger partial charge in [-0.2, -0.15) is 0 Å². The van der Waals surface area contributed by atoms with Crippen molar-refractivity contribution in [1.82, 2.24) is 19.7 Å². The highest BCUT2D eigenvalue weighted by Crippen LogP contribution is 2.34. The van der Waals surface area contributed by atoms with E-state index in [-0.39, 0.29) is 35.7 Å². The molecule has 1 fully saturated rings. The molecule has 4 heterocycles. The molecule has 0 saturated carbocycles. The van der Waals surface area contributed by atoms with Gasteiger partial charge in [0.15, 0.2) is 15.5 Å². The summed E-state index contributed by atoms with van der Waals surface area (Å²) in [5.74, 6) is -0.0695. The van der Waals surface area contributed by atoms with Crippen LogP contribution in [0.4, 0.5) is 0 Å². The first-order valence-corrected chi connectivity index (χ1v) is 11.7. The van der Waals surface area contributed by atoms with Crippen molar-refractivity contribution in [3.05, 3.63) is 59.3 Å². The number of nitrogens with zero attached hydrogens (tertiary/aromatic N) is 4. The number of nitrogens with two attached hydrogens (primary N) is 1. The summed E-state index contributed by atoms with van der Waals surface area (Å²) >= 11 is 0. The largest absolute Gasteiger partial charge is 0.472 e. The Hall–Kier alpha value is -3.27. The lowest BCUT2D eigenvalue weighted by molar-refractivity contribution is 0.0994. The Morgan fingerprint density at radius 2 is 2.03 bits per heavy atom. The van der Waals surface area contributed by atoms with Crippen LogP contribution in [0.15, 0.2) is 36.7 Å². The Morgan fingerprint density at radius 3 is 2.61 bits per heavy atom. The van der Waals surface area contributed by atoms with E-state index >= 15 is 0 Å². The number of rotatable bonds is 6. The molecule has 4 rings (SSSR count). The zero-order valence-electron chi connectivity index (χ0n) is 17.3. The molecule has 1 aliphatic heterocycles. The number of primary amides is 1. The Kier molecular flexibility index (Phi) is 5.48. The van der Waals surface area contributed by atoms with Gasteiger partial charge in [0.2, 0.25) is 5.88 Å². The summed E-state index contributed by atoms with van der Waals surface area (Å²) in [6, 6.07) is 6.80. The van der Waals surface area contributed by atoms with Crippen LogP contribution in [-0.4, -0.2) is 45.6 Å². The van der Waals surface area contributed by atoms with Crippen molar-refractivity contribution in [1.29, 1.82) is 0 Å². The monoisotopic (exact) mass is 441 g/mol. The van der Waals surface area contributed by atoms with Gasteiger partial charge in [-0.05, 0) is 32.4 Å². The molecule has 9 nitrogen and oxygen atoms in total. The lowest BCUT2D eigenvalue weighted by Crippen LogP contribution is -2.14. The van der Waals surface area contributed by atoms with Crippen LogP contribution in [-0.2, 0) is 16.4 Å². The molecule has 1 aliphatic rings. The maximum absolute atomic E-state index is 12.0. The molecule has 3 aromatic heterocycles. The number of sulfone groups is 1. The zero-order valence-corrected chi connectivity index (χ0v) is 18.1. The molecule has 0 aliphatic carbocycles. The maximum atomic E-state index is 12.0. The molecular formula is C21H23N5O4S. The van der Waals surface area contributed by atoms with Crippen LogP contribution in [0, 0.1) is 13.8 Å². The van der Waals surface area contributed by atoms with E-state index in [1.807, 2.05) is 36.7 Å². The van der Waals surface area contributed by atoms with E-state index < -0.39 is 15.7 Å². The number of pyridine rings is 1. The zero-order chi connectivity index (χ0) is 22.2. The molecule has 162 valence electrons. The van der Waals surface area contributed by atoms with Crippen LogP contribution in [0.2, 0.25) is 0 Å². The van der Waals surface area contributed by atoms with Crippen LogP contribution in [0.1, 0.15) is 39.9 Å². The van der Waals surface area contributed by atoms with Crippen LogP contribution in [0.3, 0.4) is 0 Å². The number of aromatic nitrogens is 4. The fraction of sp³-hybridized carbons (Fsp3) is 0.333. The van der Waals surface area contributed by atoms with Gasteiger partial charge in [0.25, 0.3) is 5.91 Å². The van der Waals surface area contributed by atoms with E-state index in [2.05, 4.69) is 15.2 Å². The topological polar surface area (TPSA) is 130 Å².